The Morgan fingerprint density at radius 1 is 1.14 bits per heavy atom. The van der Waals surface area contributed by atoms with E-state index in [2.05, 4.69) is 27.7 Å². The van der Waals surface area contributed by atoms with Crippen molar-refractivity contribution in [3.8, 4) is 5.75 Å². The van der Waals surface area contributed by atoms with Crippen molar-refractivity contribution in [1.29, 1.82) is 0 Å². The van der Waals surface area contributed by atoms with Crippen molar-refractivity contribution >= 4 is 19.7 Å². The van der Waals surface area contributed by atoms with Crippen molar-refractivity contribution in [2.24, 2.45) is 5.92 Å². The van der Waals surface area contributed by atoms with E-state index in [0.29, 0.717) is 12.5 Å². The molecule has 0 saturated heterocycles. The Kier molecular flexibility index (Phi) is 7.01. The lowest BCUT2D eigenvalue weighted by Crippen LogP contribution is -2.12. The summed E-state index contributed by atoms with van der Waals surface area (Å²) in [5.74, 6) is 1.51. The number of benzene rings is 1. The van der Waals surface area contributed by atoms with Gasteiger partial charge in [0.05, 0.1) is 11.5 Å². The Morgan fingerprint density at radius 3 is 2.24 bits per heavy atom. The van der Waals surface area contributed by atoms with E-state index in [1.54, 1.807) is 12.1 Å². The normalized spacial score (nSPS) is 13.4. The third kappa shape index (κ3) is 5.19. The van der Waals surface area contributed by atoms with Crippen LogP contribution in [-0.4, -0.2) is 15.0 Å². The highest BCUT2D eigenvalue weighted by Gasteiger charge is 2.17. The SMILES string of the molecule is CCC(CC)COc1ccc(S(=O)(=O)Cl)cc1C(C)CC. The van der Waals surface area contributed by atoms with E-state index in [1.807, 2.05) is 0 Å². The highest BCUT2D eigenvalue weighted by Crippen LogP contribution is 2.32. The second-order valence-corrected chi connectivity index (χ2v) is 8.01. The monoisotopic (exact) mass is 332 g/mol. The van der Waals surface area contributed by atoms with Gasteiger partial charge in [0.15, 0.2) is 0 Å². The zero-order valence-corrected chi connectivity index (χ0v) is 14.8. The Labute approximate surface area is 133 Å². The van der Waals surface area contributed by atoms with E-state index in [1.165, 1.54) is 6.07 Å². The molecule has 0 bridgehead atoms. The molecule has 0 radical (unpaired) electrons. The minimum absolute atomic E-state index is 0.134. The lowest BCUT2D eigenvalue weighted by atomic mass is 9.97. The molecule has 1 aromatic carbocycles. The topological polar surface area (TPSA) is 43.4 Å². The van der Waals surface area contributed by atoms with E-state index in [0.717, 1.165) is 30.6 Å². The summed E-state index contributed by atoms with van der Waals surface area (Å²) in [5.41, 5.74) is 0.908. The van der Waals surface area contributed by atoms with Crippen LogP contribution in [0.4, 0.5) is 0 Å². The first-order chi connectivity index (χ1) is 9.83. The molecule has 0 aromatic heterocycles. The molecule has 1 unspecified atom stereocenters. The Hall–Kier alpha value is -0.740. The molecule has 0 aliphatic rings. The van der Waals surface area contributed by atoms with E-state index in [-0.39, 0.29) is 10.8 Å². The quantitative estimate of drug-likeness (QED) is 0.633. The van der Waals surface area contributed by atoms with Crippen LogP contribution in [0, 0.1) is 5.92 Å². The molecule has 1 atom stereocenters. The summed E-state index contributed by atoms with van der Waals surface area (Å²) in [5, 5.41) is 0. The van der Waals surface area contributed by atoms with Gasteiger partial charge in [-0.15, -0.1) is 0 Å². The lowest BCUT2D eigenvalue weighted by Gasteiger charge is -2.19. The molecular weight excluding hydrogens is 308 g/mol. The fraction of sp³-hybridized carbons (Fsp3) is 0.625. The summed E-state index contributed by atoms with van der Waals surface area (Å²) >= 11 is 0. The van der Waals surface area contributed by atoms with Gasteiger partial charge in [0.2, 0.25) is 0 Å². The minimum Gasteiger partial charge on any atom is -0.493 e. The van der Waals surface area contributed by atoms with Crippen LogP contribution >= 0.6 is 10.7 Å². The van der Waals surface area contributed by atoms with Crippen LogP contribution < -0.4 is 4.74 Å². The van der Waals surface area contributed by atoms with Gasteiger partial charge in [-0.25, -0.2) is 8.42 Å². The van der Waals surface area contributed by atoms with Gasteiger partial charge in [0, 0.05) is 10.7 Å². The van der Waals surface area contributed by atoms with Crippen molar-refractivity contribution in [2.45, 2.75) is 57.8 Å². The summed E-state index contributed by atoms with van der Waals surface area (Å²) in [6.45, 7) is 9.08. The molecule has 0 fully saturated rings. The second kappa shape index (κ2) is 8.04. The third-order valence-corrected chi connectivity index (χ3v) is 5.39. The maximum absolute atomic E-state index is 11.5. The zero-order valence-electron chi connectivity index (χ0n) is 13.2. The number of hydrogen-bond donors (Lipinski definition) is 0. The minimum atomic E-state index is -3.71. The van der Waals surface area contributed by atoms with Crippen molar-refractivity contribution in [3.05, 3.63) is 23.8 Å². The predicted octanol–water partition coefficient (Wildman–Crippen LogP) is 4.94. The molecule has 1 aromatic rings. The van der Waals surface area contributed by atoms with E-state index < -0.39 is 9.05 Å². The zero-order chi connectivity index (χ0) is 16.0. The average Bonchev–Trinajstić information content (AvgIpc) is 2.46. The van der Waals surface area contributed by atoms with Crippen LogP contribution in [0.5, 0.6) is 5.75 Å². The first-order valence-corrected chi connectivity index (χ1v) is 9.85. The van der Waals surface area contributed by atoms with E-state index >= 15 is 0 Å². The lowest BCUT2D eigenvalue weighted by molar-refractivity contribution is 0.237. The molecule has 0 spiro atoms. The fourth-order valence-electron chi connectivity index (χ4n) is 2.15. The molecule has 3 nitrogen and oxygen atoms in total. The Bertz CT molecular complexity index is 551. The second-order valence-electron chi connectivity index (χ2n) is 5.44. The molecular formula is C16H25ClO3S. The molecule has 0 amide bonds. The first-order valence-electron chi connectivity index (χ1n) is 7.54. The molecule has 21 heavy (non-hydrogen) atoms. The van der Waals surface area contributed by atoms with Gasteiger partial charge in [0.1, 0.15) is 5.75 Å². The predicted molar refractivity (Wildman–Crippen MR) is 87.8 cm³/mol. The third-order valence-electron chi connectivity index (χ3n) is 4.04. The summed E-state index contributed by atoms with van der Waals surface area (Å²) in [4.78, 5) is 0.134. The first kappa shape index (κ1) is 18.3. The Morgan fingerprint density at radius 2 is 1.76 bits per heavy atom. The van der Waals surface area contributed by atoms with Crippen molar-refractivity contribution in [1.82, 2.24) is 0 Å². The van der Waals surface area contributed by atoms with E-state index in [4.69, 9.17) is 15.4 Å². The highest BCUT2D eigenvalue weighted by molar-refractivity contribution is 8.13. The number of hydrogen-bond acceptors (Lipinski definition) is 3. The maximum Gasteiger partial charge on any atom is 0.261 e. The van der Waals surface area contributed by atoms with Crippen molar-refractivity contribution in [2.75, 3.05) is 6.61 Å². The van der Waals surface area contributed by atoms with Crippen LogP contribution in [0.3, 0.4) is 0 Å². The van der Waals surface area contributed by atoms with Crippen molar-refractivity contribution < 1.29 is 13.2 Å². The fourth-order valence-corrected chi connectivity index (χ4v) is 2.93. The standard InChI is InChI=1S/C16H25ClO3S/c1-5-12(4)15-10-14(21(17,18)19)8-9-16(15)20-11-13(6-2)7-3/h8-10,12-13H,5-7,11H2,1-4H3. The van der Waals surface area contributed by atoms with Gasteiger partial charge in [-0.1, -0.05) is 40.5 Å². The summed E-state index contributed by atoms with van der Waals surface area (Å²) in [6, 6.07) is 4.87. The smallest absolute Gasteiger partial charge is 0.261 e. The number of halogens is 1. The van der Waals surface area contributed by atoms with Gasteiger partial charge in [-0.3, -0.25) is 0 Å². The van der Waals surface area contributed by atoms with Crippen LogP contribution in [0.1, 0.15) is 58.4 Å². The molecule has 0 aliphatic heterocycles. The number of ether oxygens (including phenoxy) is 1. The van der Waals surface area contributed by atoms with Crippen LogP contribution in [0.25, 0.3) is 0 Å². The van der Waals surface area contributed by atoms with Crippen molar-refractivity contribution in [3.63, 3.8) is 0 Å². The molecule has 120 valence electrons. The van der Waals surface area contributed by atoms with Gasteiger partial charge >= 0.3 is 0 Å². The van der Waals surface area contributed by atoms with Crippen LogP contribution in [0.15, 0.2) is 23.1 Å². The van der Waals surface area contributed by atoms with Gasteiger partial charge in [-0.2, -0.15) is 0 Å². The maximum atomic E-state index is 11.5. The summed E-state index contributed by atoms with van der Waals surface area (Å²) in [6.07, 6.45) is 3.06. The summed E-state index contributed by atoms with van der Waals surface area (Å²) in [7, 11) is 1.73. The van der Waals surface area contributed by atoms with Crippen LogP contribution in [0.2, 0.25) is 0 Å². The molecule has 0 N–H and O–H groups in total. The molecule has 0 heterocycles. The van der Waals surface area contributed by atoms with Gasteiger partial charge in [0.25, 0.3) is 9.05 Å². The number of rotatable bonds is 8. The Balaban J connectivity index is 3.08. The largest absolute Gasteiger partial charge is 0.493 e. The summed E-state index contributed by atoms with van der Waals surface area (Å²) < 4.78 is 28.9. The van der Waals surface area contributed by atoms with Gasteiger partial charge < -0.3 is 4.74 Å². The average molecular weight is 333 g/mol. The molecule has 5 heteroatoms. The van der Waals surface area contributed by atoms with Crippen LogP contribution in [-0.2, 0) is 9.05 Å². The van der Waals surface area contributed by atoms with E-state index in [9.17, 15) is 8.42 Å². The molecule has 0 aliphatic carbocycles. The molecule has 0 saturated carbocycles. The van der Waals surface area contributed by atoms with Gasteiger partial charge in [-0.05, 0) is 42.0 Å². The molecule has 1 rings (SSSR count). The highest BCUT2D eigenvalue weighted by atomic mass is 35.7.